The summed E-state index contributed by atoms with van der Waals surface area (Å²) < 4.78 is 16.2. The summed E-state index contributed by atoms with van der Waals surface area (Å²) in [7, 11) is 0. The van der Waals surface area contributed by atoms with Crippen molar-refractivity contribution in [1.29, 1.82) is 0 Å². The van der Waals surface area contributed by atoms with Gasteiger partial charge in [-0.05, 0) is 56.3 Å². The van der Waals surface area contributed by atoms with Crippen LogP contribution in [0.25, 0.3) is 5.82 Å². The fourth-order valence-electron chi connectivity index (χ4n) is 8.16. The minimum absolute atomic E-state index is 0.106. The number of nitrogens with one attached hydrogen (secondary N) is 1. The van der Waals surface area contributed by atoms with E-state index in [2.05, 4.69) is 20.6 Å². The molecule has 194 valence electrons. The first-order valence-corrected chi connectivity index (χ1v) is 13.3. The minimum Gasteiger partial charge on any atom is -0.381 e. The first-order valence-electron chi connectivity index (χ1n) is 13.3. The standard InChI is InChI=1S/C26H30FN7O3/c27-19-14-29-23(34-2-1-30-31-34)21-20(19)18(13-28-21)22(35)24(36)32-3-5-33(6-4-32)25(37)26-10-15-7-16(11-26)9-17(8-15)12-26/h1-2,14-18,28H,3-13H2. The van der Waals surface area contributed by atoms with Gasteiger partial charge in [0, 0.05) is 38.3 Å². The number of piperazine rings is 1. The maximum atomic E-state index is 14.8. The van der Waals surface area contributed by atoms with Gasteiger partial charge in [-0.3, -0.25) is 14.4 Å². The Hall–Kier alpha value is -3.37. The molecule has 2 aliphatic heterocycles. The highest BCUT2D eigenvalue weighted by Crippen LogP contribution is 2.60. The number of rotatable bonds is 4. The molecule has 2 aromatic heterocycles. The number of fused-ring (bicyclic) bond motifs is 1. The summed E-state index contributed by atoms with van der Waals surface area (Å²) in [6.45, 7) is 1.62. The van der Waals surface area contributed by atoms with E-state index in [1.165, 1.54) is 35.0 Å². The average Bonchev–Trinajstić information content (AvgIpc) is 3.58. The summed E-state index contributed by atoms with van der Waals surface area (Å²) in [5.74, 6) is -0.192. The van der Waals surface area contributed by atoms with Crippen molar-refractivity contribution < 1.29 is 18.8 Å². The number of hydrogen-bond donors (Lipinski definition) is 1. The van der Waals surface area contributed by atoms with Gasteiger partial charge in [-0.1, -0.05) is 5.21 Å². The third-order valence-corrected chi connectivity index (χ3v) is 9.39. The molecule has 2 amide bonds. The zero-order valence-corrected chi connectivity index (χ0v) is 20.6. The van der Waals surface area contributed by atoms with Crippen LogP contribution in [0.2, 0.25) is 0 Å². The normalized spacial score (nSPS) is 31.8. The van der Waals surface area contributed by atoms with Gasteiger partial charge in [0.1, 0.15) is 5.82 Å². The summed E-state index contributed by atoms with van der Waals surface area (Å²) in [6, 6.07) is 0. The van der Waals surface area contributed by atoms with Crippen molar-refractivity contribution in [3.05, 3.63) is 30.0 Å². The van der Waals surface area contributed by atoms with E-state index in [-0.39, 0.29) is 23.4 Å². The summed E-state index contributed by atoms with van der Waals surface area (Å²) in [5.41, 5.74) is 0.278. The Morgan fingerprint density at radius 1 is 0.973 bits per heavy atom. The van der Waals surface area contributed by atoms with Gasteiger partial charge in [0.05, 0.1) is 35.6 Å². The quantitative estimate of drug-likeness (QED) is 0.628. The molecule has 1 saturated heterocycles. The molecule has 0 aromatic carbocycles. The van der Waals surface area contributed by atoms with Gasteiger partial charge >= 0.3 is 0 Å². The lowest BCUT2D eigenvalue weighted by Crippen LogP contribution is -2.59. The Bertz CT molecular complexity index is 1240. The predicted octanol–water partition coefficient (Wildman–Crippen LogP) is 1.77. The van der Waals surface area contributed by atoms with E-state index >= 15 is 0 Å². The van der Waals surface area contributed by atoms with Crippen LogP contribution in [0.3, 0.4) is 0 Å². The van der Waals surface area contributed by atoms with Gasteiger partial charge in [0.25, 0.3) is 5.91 Å². The molecule has 1 atom stereocenters. The molecule has 5 fully saturated rings. The van der Waals surface area contributed by atoms with E-state index in [9.17, 15) is 18.8 Å². The van der Waals surface area contributed by atoms with Crippen molar-refractivity contribution in [2.45, 2.75) is 44.4 Å². The van der Waals surface area contributed by atoms with Crippen LogP contribution < -0.4 is 5.32 Å². The van der Waals surface area contributed by atoms with E-state index in [0.29, 0.717) is 55.4 Å². The number of Topliss-reactive ketones (excluding diaryl/α,β-unsaturated/α-hetero) is 1. The molecule has 1 N–H and O–H groups in total. The number of aromatic nitrogens is 4. The Morgan fingerprint density at radius 2 is 1.62 bits per heavy atom. The van der Waals surface area contributed by atoms with Crippen LogP contribution in [0.5, 0.6) is 0 Å². The van der Waals surface area contributed by atoms with Crippen molar-refractivity contribution in [3.63, 3.8) is 0 Å². The van der Waals surface area contributed by atoms with Gasteiger partial charge in [-0.2, -0.15) is 0 Å². The number of carbonyl (C=O) groups excluding carboxylic acids is 3. The molecule has 4 bridgehead atoms. The van der Waals surface area contributed by atoms with Crippen LogP contribution in [0.1, 0.15) is 50.0 Å². The number of amides is 2. The molecule has 0 spiro atoms. The van der Waals surface area contributed by atoms with Gasteiger partial charge < -0.3 is 15.1 Å². The molecule has 4 saturated carbocycles. The Kier molecular flexibility index (Phi) is 5.13. The van der Waals surface area contributed by atoms with Crippen LogP contribution in [0.15, 0.2) is 18.6 Å². The number of carbonyl (C=O) groups is 3. The van der Waals surface area contributed by atoms with Crippen LogP contribution in [0.4, 0.5) is 10.1 Å². The first kappa shape index (κ1) is 22.8. The number of pyridine rings is 1. The third kappa shape index (κ3) is 3.57. The lowest BCUT2D eigenvalue weighted by Gasteiger charge is -2.57. The topological polar surface area (TPSA) is 113 Å². The Labute approximate surface area is 213 Å². The highest BCUT2D eigenvalue weighted by molar-refractivity contribution is 6.38. The van der Waals surface area contributed by atoms with E-state index in [1.807, 2.05) is 4.90 Å². The third-order valence-electron chi connectivity index (χ3n) is 9.39. The monoisotopic (exact) mass is 507 g/mol. The molecule has 8 rings (SSSR count). The molecule has 10 nitrogen and oxygen atoms in total. The van der Waals surface area contributed by atoms with E-state index in [1.54, 1.807) is 6.20 Å². The summed E-state index contributed by atoms with van der Waals surface area (Å²) in [5, 5.41) is 10.7. The smallest absolute Gasteiger partial charge is 0.290 e. The van der Waals surface area contributed by atoms with Crippen LogP contribution in [0, 0.1) is 29.0 Å². The summed E-state index contributed by atoms with van der Waals surface area (Å²) in [4.78, 5) is 47.7. The largest absolute Gasteiger partial charge is 0.381 e. The molecule has 0 radical (unpaired) electrons. The molecule has 4 heterocycles. The van der Waals surface area contributed by atoms with Crippen molar-refractivity contribution in [3.8, 4) is 5.82 Å². The molecular weight excluding hydrogens is 477 g/mol. The molecule has 2 aromatic rings. The number of ketones is 1. The zero-order chi connectivity index (χ0) is 25.3. The maximum absolute atomic E-state index is 14.8. The molecule has 6 aliphatic rings. The van der Waals surface area contributed by atoms with E-state index in [0.717, 1.165) is 25.5 Å². The van der Waals surface area contributed by atoms with E-state index in [4.69, 9.17) is 0 Å². The maximum Gasteiger partial charge on any atom is 0.290 e. The SMILES string of the molecule is O=C(C(=O)N1CCN(C(=O)C23CC4CC(CC(C4)C2)C3)CC1)C1CNc2c(-n3ccnn3)ncc(F)c21. The minimum atomic E-state index is -0.945. The lowest BCUT2D eigenvalue weighted by atomic mass is 9.49. The molecule has 37 heavy (non-hydrogen) atoms. The number of halogens is 1. The number of nitrogens with zero attached hydrogens (tertiary/aromatic N) is 6. The van der Waals surface area contributed by atoms with Crippen molar-refractivity contribution in [2.75, 3.05) is 38.0 Å². The zero-order valence-electron chi connectivity index (χ0n) is 20.6. The molecule has 4 aliphatic carbocycles. The molecule has 1 unspecified atom stereocenters. The fraction of sp³-hybridized carbons (Fsp3) is 0.615. The second-order valence-electron chi connectivity index (χ2n) is 11.6. The fourth-order valence-corrected chi connectivity index (χ4v) is 8.16. The van der Waals surface area contributed by atoms with Crippen LogP contribution in [-0.4, -0.2) is 80.1 Å². The molecular formula is C26H30FN7O3. The van der Waals surface area contributed by atoms with Crippen molar-refractivity contribution >= 4 is 23.3 Å². The van der Waals surface area contributed by atoms with E-state index < -0.39 is 23.4 Å². The van der Waals surface area contributed by atoms with Crippen LogP contribution in [-0.2, 0) is 14.4 Å². The van der Waals surface area contributed by atoms with Gasteiger partial charge in [0.2, 0.25) is 11.7 Å². The number of hydrogen-bond acceptors (Lipinski definition) is 7. The second kappa shape index (κ2) is 8.32. The molecule has 11 heteroatoms. The summed E-state index contributed by atoms with van der Waals surface area (Å²) in [6.07, 6.45) is 11.0. The Balaban J connectivity index is 1.03. The van der Waals surface area contributed by atoms with Gasteiger partial charge in [-0.15, -0.1) is 5.10 Å². The van der Waals surface area contributed by atoms with Crippen LogP contribution >= 0.6 is 0 Å². The second-order valence-corrected chi connectivity index (χ2v) is 11.6. The average molecular weight is 508 g/mol. The highest BCUT2D eigenvalue weighted by Gasteiger charge is 2.55. The van der Waals surface area contributed by atoms with Crippen molar-refractivity contribution in [2.24, 2.45) is 23.2 Å². The van der Waals surface area contributed by atoms with Gasteiger partial charge in [-0.25, -0.2) is 14.1 Å². The van der Waals surface area contributed by atoms with Crippen molar-refractivity contribution in [1.82, 2.24) is 29.8 Å². The van der Waals surface area contributed by atoms with Gasteiger partial charge in [0.15, 0.2) is 5.82 Å². The Morgan fingerprint density at radius 3 is 2.24 bits per heavy atom. The predicted molar refractivity (Wildman–Crippen MR) is 129 cm³/mol. The first-order chi connectivity index (χ1) is 17.9. The number of anilines is 1. The highest BCUT2D eigenvalue weighted by atomic mass is 19.1. The lowest BCUT2D eigenvalue weighted by molar-refractivity contribution is -0.161. The summed E-state index contributed by atoms with van der Waals surface area (Å²) >= 11 is 0.